The van der Waals surface area contributed by atoms with Crippen molar-refractivity contribution in [3.05, 3.63) is 58.9 Å². The second-order valence-corrected chi connectivity index (χ2v) is 7.07. The van der Waals surface area contributed by atoms with Crippen LogP contribution in [0.15, 0.2) is 47.1 Å². The number of ether oxygens (including phenoxy) is 3. The molecule has 0 aliphatic carbocycles. The van der Waals surface area contributed by atoms with E-state index in [0.717, 1.165) is 34.1 Å². The summed E-state index contributed by atoms with van der Waals surface area (Å²) in [6.45, 7) is 0.221. The van der Waals surface area contributed by atoms with Gasteiger partial charge in [-0.3, -0.25) is 0 Å². The van der Waals surface area contributed by atoms with E-state index in [1.54, 1.807) is 25.1 Å². The Morgan fingerprint density at radius 2 is 2.00 bits per heavy atom. The van der Waals surface area contributed by atoms with Crippen LogP contribution in [-0.4, -0.2) is 18.9 Å². The maximum atomic E-state index is 6.21. The van der Waals surface area contributed by atoms with E-state index in [4.69, 9.17) is 30.2 Å². The molecule has 7 heteroatoms. The highest BCUT2D eigenvalue weighted by Crippen LogP contribution is 2.40. The molecule has 0 bridgehead atoms. The van der Waals surface area contributed by atoms with Crippen molar-refractivity contribution in [3.8, 4) is 28.7 Å². The predicted molar refractivity (Wildman–Crippen MR) is 101 cm³/mol. The average Bonchev–Trinajstić information content (AvgIpc) is 3.31. The zero-order chi connectivity index (χ0) is 17.9. The number of benzene rings is 2. The van der Waals surface area contributed by atoms with Crippen LogP contribution in [0.4, 0.5) is 0 Å². The van der Waals surface area contributed by atoms with Gasteiger partial charge >= 0.3 is 0 Å². The number of halogens is 1. The monoisotopic (exact) mass is 389 g/mol. The third kappa shape index (κ3) is 3.61. The molecular formula is C19H16ClNO4S. The van der Waals surface area contributed by atoms with E-state index < -0.39 is 0 Å². The number of thioether (sulfide) groups is 1. The predicted octanol–water partition coefficient (Wildman–Crippen LogP) is 5.17. The largest absolute Gasteiger partial charge is 0.497 e. The minimum Gasteiger partial charge on any atom is -0.497 e. The SMILES string of the molecule is COc1ccc(-c2nc(CSCc3cc(Cl)c4c(c3)OCO4)co2)cc1. The molecule has 0 saturated carbocycles. The number of oxazole rings is 1. The zero-order valence-corrected chi connectivity index (χ0v) is 15.6. The third-order valence-electron chi connectivity index (χ3n) is 3.89. The number of aromatic nitrogens is 1. The van der Waals surface area contributed by atoms with Gasteiger partial charge in [-0.1, -0.05) is 11.6 Å². The van der Waals surface area contributed by atoms with Crippen LogP contribution in [0.2, 0.25) is 5.02 Å². The molecule has 1 aliphatic rings. The van der Waals surface area contributed by atoms with Gasteiger partial charge in [0.15, 0.2) is 11.5 Å². The fraction of sp³-hybridized carbons (Fsp3) is 0.211. The first-order valence-electron chi connectivity index (χ1n) is 7.97. The summed E-state index contributed by atoms with van der Waals surface area (Å²) in [4.78, 5) is 4.54. The van der Waals surface area contributed by atoms with Crippen LogP contribution in [0.25, 0.3) is 11.5 Å². The molecule has 5 nitrogen and oxygen atoms in total. The second kappa shape index (κ2) is 7.51. The minimum atomic E-state index is 0.221. The lowest BCUT2D eigenvalue weighted by Gasteiger charge is -2.04. The summed E-state index contributed by atoms with van der Waals surface area (Å²) in [5.41, 5.74) is 2.90. The highest BCUT2D eigenvalue weighted by Gasteiger charge is 2.18. The summed E-state index contributed by atoms with van der Waals surface area (Å²) >= 11 is 7.94. The average molecular weight is 390 g/mol. The molecule has 3 aromatic rings. The van der Waals surface area contributed by atoms with Crippen molar-refractivity contribution in [2.45, 2.75) is 11.5 Å². The number of fused-ring (bicyclic) bond motifs is 1. The molecule has 4 rings (SSSR count). The van der Waals surface area contributed by atoms with Gasteiger partial charge in [0.25, 0.3) is 0 Å². The van der Waals surface area contributed by atoms with Crippen molar-refractivity contribution in [1.29, 1.82) is 0 Å². The van der Waals surface area contributed by atoms with E-state index in [1.165, 1.54) is 0 Å². The number of hydrogen-bond acceptors (Lipinski definition) is 6. The van der Waals surface area contributed by atoms with Crippen molar-refractivity contribution in [3.63, 3.8) is 0 Å². The van der Waals surface area contributed by atoms with Gasteiger partial charge in [0.1, 0.15) is 12.0 Å². The second-order valence-electron chi connectivity index (χ2n) is 5.68. The lowest BCUT2D eigenvalue weighted by Crippen LogP contribution is -1.93. The molecule has 1 aromatic heterocycles. The molecule has 1 aliphatic heterocycles. The lowest BCUT2D eigenvalue weighted by atomic mass is 10.2. The number of nitrogens with zero attached hydrogens (tertiary/aromatic N) is 1. The molecule has 134 valence electrons. The minimum absolute atomic E-state index is 0.221. The van der Waals surface area contributed by atoms with Gasteiger partial charge < -0.3 is 18.6 Å². The van der Waals surface area contributed by atoms with Crippen molar-refractivity contribution in [1.82, 2.24) is 4.98 Å². The molecule has 2 aromatic carbocycles. The number of hydrogen-bond donors (Lipinski definition) is 0. The fourth-order valence-corrected chi connectivity index (χ4v) is 3.75. The Morgan fingerprint density at radius 1 is 1.15 bits per heavy atom. The Bertz CT molecular complexity index is 910. The molecule has 0 amide bonds. The summed E-state index contributed by atoms with van der Waals surface area (Å²) in [5, 5.41) is 0.582. The summed E-state index contributed by atoms with van der Waals surface area (Å²) < 4.78 is 21.5. The molecule has 0 saturated heterocycles. The van der Waals surface area contributed by atoms with Crippen molar-refractivity contribution >= 4 is 23.4 Å². The molecule has 0 radical (unpaired) electrons. The van der Waals surface area contributed by atoms with E-state index in [0.29, 0.717) is 22.4 Å². The number of methoxy groups -OCH3 is 1. The first kappa shape index (κ1) is 17.1. The topological polar surface area (TPSA) is 53.7 Å². The van der Waals surface area contributed by atoms with Crippen LogP contribution in [0, 0.1) is 0 Å². The molecule has 2 heterocycles. The van der Waals surface area contributed by atoms with Crippen molar-refractivity contribution < 1.29 is 18.6 Å². The smallest absolute Gasteiger partial charge is 0.231 e. The molecular weight excluding hydrogens is 374 g/mol. The molecule has 0 N–H and O–H groups in total. The van der Waals surface area contributed by atoms with Gasteiger partial charge in [-0.05, 0) is 42.0 Å². The quantitative estimate of drug-likeness (QED) is 0.580. The Balaban J connectivity index is 1.37. The van der Waals surface area contributed by atoms with E-state index in [1.807, 2.05) is 36.4 Å². The summed E-state index contributed by atoms with van der Waals surface area (Å²) in [6, 6.07) is 11.5. The van der Waals surface area contributed by atoms with Crippen LogP contribution in [0.1, 0.15) is 11.3 Å². The summed E-state index contributed by atoms with van der Waals surface area (Å²) in [7, 11) is 1.64. The van der Waals surface area contributed by atoms with Gasteiger partial charge in [0.2, 0.25) is 12.7 Å². The van der Waals surface area contributed by atoms with Gasteiger partial charge in [-0.15, -0.1) is 0 Å². The normalized spacial score (nSPS) is 12.4. The van der Waals surface area contributed by atoms with E-state index in [-0.39, 0.29) is 6.79 Å². The van der Waals surface area contributed by atoms with E-state index in [2.05, 4.69) is 4.98 Å². The molecule has 0 atom stereocenters. The maximum Gasteiger partial charge on any atom is 0.231 e. The van der Waals surface area contributed by atoms with Gasteiger partial charge in [-0.25, -0.2) is 4.98 Å². The van der Waals surface area contributed by atoms with Crippen LogP contribution < -0.4 is 14.2 Å². The van der Waals surface area contributed by atoms with Crippen molar-refractivity contribution in [2.75, 3.05) is 13.9 Å². The molecule has 0 unspecified atom stereocenters. The summed E-state index contributed by atoms with van der Waals surface area (Å²) in [6.07, 6.45) is 1.69. The molecule has 0 fully saturated rings. The zero-order valence-electron chi connectivity index (χ0n) is 14.0. The Kier molecular flexibility index (Phi) is 4.95. The molecule has 26 heavy (non-hydrogen) atoms. The van der Waals surface area contributed by atoms with E-state index in [9.17, 15) is 0 Å². The maximum absolute atomic E-state index is 6.21. The Labute approximate surface area is 160 Å². The van der Waals surface area contributed by atoms with Gasteiger partial charge in [0.05, 0.1) is 17.8 Å². The van der Waals surface area contributed by atoms with Crippen LogP contribution in [0.5, 0.6) is 17.2 Å². The van der Waals surface area contributed by atoms with Crippen molar-refractivity contribution in [2.24, 2.45) is 0 Å². The molecule has 0 spiro atoms. The lowest BCUT2D eigenvalue weighted by molar-refractivity contribution is 0.174. The Morgan fingerprint density at radius 3 is 2.81 bits per heavy atom. The van der Waals surface area contributed by atoms with E-state index >= 15 is 0 Å². The van der Waals surface area contributed by atoms with Gasteiger partial charge in [-0.2, -0.15) is 11.8 Å². The summed E-state index contributed by atoms with van der Waals surface area (Å²) in [5.74, 6) is 4.28. The standard InChI is InChI=1S/C19H16ClNO4S/c1-22-15-4-2-13(3-5-15)19-21-14(8-23-19)10-26-9-12-6-16(20)18-17(7-12)24-11-25-18/h2-8H,9-11H2,1H3. The number of rotatable bonds is 6. The first-order chi connectivity index (χ1) is 12.7. The highest BCUT2D eigenvalue weighted by molar-refractivity contribution is 7.97. The third-order valence-corrected chi connectivity index (χ3v) is 5.21. The highest BCUT2D eigenvalue weighted by atomic mass is 35.5. The van der Waals surface area contributed by atoms with Crippen LogP contribution >= 0.6 is 23.4 Å². The van der Waals surface area contributed by atoms with Gasteiger partial charge in [0, 0.05) is 17.1 Å². The first-order valence-corrected chi connectivity index (χ1v) is 9.51. The Hall–Kier alpha value is -2.31. The van der Waals surface area contributed by atoms with Crippen LogP contribution in [0.3, 0.4) is 0 Å². The fourth-order valence-electron chi connectivity index (χ4n) is 2.62. The van der Waals surface area contributed by atoms with Crippen LogP contribution in [-0.2, 0) is 11.5 Å².